The van der Waals surface area contributed by atoms with Crippen LogP contribution < -0.4 is 5.73 Å². The molecule has 0 aliphatic heterocycles. The first kappa shape index (κ1) is 10.7. The lowest BCUT2D eigenvalue weighted by atomic mass is 10.1. The van der Waals surface area contributed by atoms with E-state index < -0.39 is 0 Å². The van der Waals surface area contributed by atoms with Crippen molar-refractivity contribution in [2.24, 2.45) is 10.7 Å². The van der Waals surface area contributed by atoms with Crippen LogP contribution >= 0.6 is 0 Å². The maximum atomic E-state index is 13.3. The number of hydrogen-bond donors (Lipinski definition) is 1. The van der Waals surface area contributed by atoms with Gasteiger partial charge in [0.25, 0.3) is 0 Å². The van der Waals surface area contributed by atoms with Crippen molar-refractivity contribution in [2.45, 2.75) is 20.3 Å². The van der Waals surface area contributed by atoms with E-state index in [1.165, 1.54) is 6.07 Å². The van der Waals surface area contributed by atoms with Gasteiger partial charge in [-0.15, -0.1) is 0 Å². The Morgan fingerprint density at radius 3 is 2.79 bits per heavy atom. The van der Waals surface area contributed by atoms with Crippen molar-refractivity contribution in [3.8, 4) is 0 Å². The van der Waals surface area contributed by atoms with Gasteiger partial charge in [0.15, 0.2) is 0 Å². The Morgan fingerprint density at radius 2 is 2.21 bits per heavy atom. The quantitative estimate of drug-likeness (QED) is 0.585. The summed E-state index contributed by atoms with van der Waals surface area (Å²) in [6.45, 7) is 4.46. The molecule has 0 saturated heterocycles. The standard InChI is InChI=1S/C11H15FN2.H2/c1-3-8-5-6-10(12)9(7-8)11(13)14-4-2;/h5-7H,3-4H2,1-2H3,(H2,13,14);1H. The van der Waals surface area contributed by atoms with Gasteiger partial charge in [-0.1, -0.05) is 13.0 Å². The maximum absolute atomic E-state index is 13.3. The molecule has 0 amide bonds. The summed E-state index contributed by atoms with van der Waals surface area (Å²) >= 11 is 0. The number of halogens is 1. The summed E-state index contributed by atoms with van der Waals surface area (Å²) in [5.41, 5.74) is 7.11. The molecule has 0 radical (unpaired) electrons. The zero-order valence-corrected chi connectivity index (χ0v) is 8.55. The molecule has 0 bridgehead atoms. The molecule has 14 heavy (non-hydrogen) atoms. The molecule has 0 saturated carbocycles. The van der Waals surface area contributed by atoms with Crippen LogP contribution in [0.25, 0.3) is 0 Å². The third-order valence-corrected chi connectivity index (χ3v) is 2.04. The van der Waals surface area contributed by atoms with Crippen LogP contribution in [0.2, 0.25) is 0 Å². The second-order valence-corrected chi connectivity index (χ2v) is 3.03. The molecular weight excluding hydrogens is 179 g/mol. The van der Waals surface area contributed by atoms with Gasteiger partial charge < -0.3 is 5.73 Å². The molecule has 1 aromatic rings. The number of nitrogens with zero attached hydrogens (tertiary/aromatic N) is 1. The van der Waals surface area contributed by atoms with Crippen molar-refractivity contribution in [3.63, 3.8) is 0 Å². The molecule has 2 N–H and O–H groups in total. The summed E-state index contributed by atoms with van der Waals surface area (Å²) in [6, 6.07) is 4.95. The van der Waals surface area contributed by atoms with E-state index in [0.29, 0.717) is 12.1 Å². The van der Waals surface area contributed by atoms with Crippen LogP contribution in [-0.2, 0) is 6.42 Å². The zero-order chi connectivity index (χ0) is 10.6. The van der Waals surface area contributed by atoms with Gasteiger partial charge in [0.1, 0.15) is 11.7 Å². The van der Waals surface area contributed by atoms with E-state index in [2.05, 4.69) is 4.99 Å². The fourth-order valence-electron chi connectivity index (χ4n) is 1.24. The summed E-state index contributed by atoms with van der Waals surface area (Å²) in [6.07, 6.45) is 0.868. The third kappa shape index (κ3) is 2.31. The van der Waals surface area contributed by atoms with E-state index in [4.69, 9.17) is 5.73 Å². The van der Waals surface area contributed by atoms with E-state index in [-0.39, 0.29) is 13.1 Å². The van der Waals surface area contributed by atoms with E-state index in [9.17, 15) is 4.39 Å². The summed E-state index contributed by atoms with van der Waals surface area (Å²) in [5, 5.41) is 0. The van der Waals surface area contributed by atoms with Crippen LogP contribution in [0.1, 0.15) is 26.4 Å². The lowest BCUT2D eigenvalue weighted by Crippen LogP contribution is -2.16. The minimum absolute atomic E-state index is 0. The fraction of sp³-hybridized carbons (Fsp3) is 0.364. The lowest BCUT2D eigenvalue weighted by Gasteiger charge is -2.04. The minimum atomic E-state index is -0.308. The van der Waals surface area contributed by atoms with Crippen molar-refractivity contribution in [3.05, 3.63) is 35.1 Å². The summed E-state index contributed by atoms with van der Waals surface area (Å²) in [7, 11) is 0. The zero-order valence-electron chi connectivity index (χ0n) is 8.55. The average molecular weight is 196 g/mol. The number of hydrogen-bond acceptors (Lipinski definition) is 1. The Kier molecular flexibility index (Phi) is 3.63. The predicted molar refractivity (Wildman–Crippen MR) is 59.2 cm³/mol. The van der Waals surface area contributed by atoms with Gasteiger partial charge in [0.05, 0.1) is 5.56 Å². The molecule has 0 spiro atoms. The van der Waals surface area contributed by atoms with Crippen molar-refractivity contribution in [2.75, 3.05) is 6.54 Å². The number of aliphatic imine (C=N–C) groups is 1. The Labute approximate surface area is 85.1 Å². The van der Waals surface area contributed by atoms with Crippen LogP contribution in [0.3, 0.4) is 0 Å². The van der Waals surface area contributed by atoms with E-state index in [1.54, 1.807) is 12.1 Å². The van der Waals surface area contributed by atoms with Gasteiger partial charge in [-0.3, -0.25) is 4.99 Å². The van der Waals surface area contributed by atoms with Gasteiger partial charge in [0, 0.05) is 7.97 Å². The van der Waals surface area contributed by atoms with Crippen molar-refractivity contribution in [1.82, 2.24) is 0 Å². The molecule has 0 fully saturated rings. The van der Waals surface area contributed by atoms with Crippen molar-refractivity contribution >= 4 is 5.84 Å². The molecule has 3 heteroatoms. The molecule has 0 aliphatic rings. The van der Waals surface area contributed by atoms with Crippen LogP contribution in [0.4, 0.5) is 4.39 Å². The molecule has 0 aromatic heterocycles. The molecular formula is C11H17FN2. The Balaban J connectivity index is 0.00000196. The SMILES string of the molecule is CCN=C(N)c1cc(CC)ccc1F.[HH]. The monoisotopic (exact) mass is 196 g/mol. The number of aryl methyl sites for hydroxylation is 1. The topological polar surface area (TPSA) is 38.4 Å². The Bertz CT molecular complexity index is 350. The highest BCUT2D eigenvalue weighted by molar-refractivity contribution is 5.97. The summed E-state index contributed by atoms with van der Waals surface area (Å²) < 4.78 is 13.3. The Hall–Kier alpha value is -1.38. The van der Waals surface area contributed by atoms with Gasteiger partial charge in [-0.2, -0.15) is 0 Å². The van der Waals surface area contributed by atoms with E-state index in [0.717, 1.165) is 12.0 Å². The average Bonchev–Trinajstić information content (AvgIpc) is 2.19. The van der Waals surface area contributed by atoms with Gasteiger partial charge in [-0.05, 0) is 31.0 Å². The van der Waals surface area contributed by atoms with Crippen LogP contribution in [0.5, 0.6) is 0 Å². The molecule has 1 aromatic carbocycles. The van der Waals surface area contributed by atoms with Crippen LogP contribution in [0.15, 0.2) is 23.2 Å². The van der Waals surface area contributed by atoms with Gasteiger partial charge in [0.2, 0.25) is 0 Å². The molecule has 1 rings (SSSR count). The van der Waals surface area contributed by atoms with Crippen LogP contribution in [0, 0.1) is 5.82 Å². The normalized spacial score (nSPS) is 11.8. The predicted octanol–water partition coefficient (Wildman–Crippen LogP) is 2.36. The number of rotatable bonds is 3. The number of nitrogens with two attached hydrogens (primary N) is 1. The van der Waals surface area contributed by atoms with Gasteiger partial charge >= 0.3 is 0 Å². The fourth-order valence-corrected chi connectivity index (χ4v) is 1.24. The maximum Gasteiger partial charge on any atom is 0.134 e. The molecule has 78 valence electrons. The number of benzene rings is 1. The largest absolute Gasteiger partial charge is 0.383 e. The Morgan fingerprint density at radius 1 is 1.50 bits per heavy atom. The second kappa shape index (κ2) is 4.74. The van der Waals surface area contributed by atoms with Gasteiger partial charge in [-0.25, -0.2) is 4.39 Å². The van der Waals surface area contributed by atoms with Crippen LogP contribution in [-0.4, -0.2) is 12.4 Å². The summed E-state index contributed by atoms with van der Waals surface area (Å²) in [5.74, 6) is -0.0304. The second-order valence-electron chi connectivity index (χ2n) is 3.03. The molecule has 2 nitrogen and oxygen atoms in total. The van der Waals surface area contributed by atoms with E-state index >= 15 is 0 Å². The van der Waals surface area contributed by atoms with Crippen molar-refractivity contribution in [1.29, 1.82) is 0 Å². The first-order valence-corrected chi connectivity index (χ1v) is 4.77. The molecule has 0 heterocycles. The molecule has 0 atom stereocenters. The number of amidine groups is 1. The lowest BCUT2D eigenvalue weighted by molar-refractivity contribution is 0.624. The summed E-state index contributed by atoms with van der Waals surface area (Å²) in [4.78, 5) is 3.99. The first-order valence-electron chi connectivity index (χ1n) is 4.77. The highest BCUT2D eigenvalue weighted by atomic mass is 19.1. The molecule has 0 aliphatic carbocycles. The van der Waals surface area contributed by atoms with Crippen molar-refractivity contribution < 1.29 is 5.82 Å². The first-order chi connectivity index (χ1) is 6.69. The smallest absolute Gasteiger partial charge is 0.134 e. The highest BCUT2D eigenvalue weighted by Gasteiger charge is 2.06. The highest BCUT2D eigenvalue weighted by Crippen LogP contribution is 2.10. The molecule has 0 unspecified atom stereocenters. The minimum Gasteiger partial charge on any atom is -0.383 e. The third-order valence-electron chi connectivity index (χ3n) is 2.04. The van der Waals surface area contributed by atoms with E-state index in [1.807, 2.05) is 13.8 Å².